The van der Waals surface area contributed by atoms with E-state index in [9.17, 15) is 5.11 Å². The van der Waals surface area contributed by atoms with E-state index in [1.807, 2.05) is 0 Å². The summed E-state index contributed by atoms with van der Waals surface area (Å²) in [4.78, 5) is 0. The van der Waals surface area contributed by atoms with Crippen molar-refractivity contribution in [2.75, 3.05) is 26.4 Å². The van der Waals surface area contributed by atoms with Gasteiger partial charge in [0.05, 0.1) is 17.8 Å². The molecule has 0 radical (unpaired) electrons. The van der Waals surface area contributed by atoms with E-state index in [-0.39, 0.29) is 11.7 Å². The first kappa shape index (κ1) is 14.8. The molecule has 3 rings (SSSR count). The standard InChI is InChI=1S/C16H28O4/c17-15(4-3-14-2-1-8-19-14)13-5-9-20-16(12-13)6-10-18-11-7-16/h13-15,17H,1-12H2. The summed E-state index contributed by atoms with van der Waals surface area (Å²) in [6.45, 7) is 3.31. The van der Waals surface area contributed by atoms with Gasteiger partial charge in [0.15, 0.2) is 0 Å². The highest BCUT2D eigenvalue weighted by Crippen LogP contribution is 2.39. The maximum atomic E-state index is 10.5. The minimum Gasteiger partial charge on any atom is -0.393 e. The minimum atomic E-state index is -0.192. The normalized spacial score (nSPS) is 35.2. The van der Waals surface area contributed by atoms with E-state index in [4.69, 9.17) is 14.2 Å². The topological polar surface area (TPSA) is 47.9 Å². The second-order valence-electron chi connectivity index (χ2n) is 6.68. The van der Waals surface area contributed by atoms with Crippen molar-refractivity contribution < 1.29 is 19.3 Å². The first-order valence-electron chi connectivity index (χ1n) is 8.29. The molecule has 0 saturated carbocycles. The molecule has 0 amide bonds. The van der Waals surface area contributed by atoms with Gasteiger partial charge < -0.3 is 19.3 Å². The number of rotatable bonds is 4. The lowest BCUT2D eigenvalue weighted by molar-refractivity contribution is -0.159. The summed E-state index contributed by atoms with van der Waals surface area (Å²) < 4.78 is 17.1. The SMILES string of the molecule is OC(CCC1CCCO1)C1CCOC2(CCOCC2)C1. The third-order valence-corrected chi connectivity index (χ3v) is 5.29. The minimum absolute atomic E-state index is 0.00793. The fourth-order valence-electron chi connectivity index (χ4n) is 3.95. The lowest BCUT2D eigenvalue weighted by atomic mass is 9.77. The summed E-state index contributed by atoms with van der Waals surface area (Å²) in [5.74, 6) is 0.392. The predicted molar refractivity (Wildman–Crippen MR) is 75.7 cm³/mol. The number of aliphatic hydroxyl groups is 1. The fraction of sp³-hybridized carbons (Fsp3) is 1.00. The first-order valence-corrected chi connectivity index (χ1v) is 8.29. The zero-order chi connectivity index (χ0) is 13.8. The highest BCUT2D eigenvalue weighted by molar-refractivity contribution is 4.91. The first-order chi connectivity index (χ1) is 9.77. The summed E-state index contributed by atoms with van der Waals surface area (Å²) >= 11 is 0. The zero-order valence-corrected chi connectivity index (χ0v) is 12.4. The maximum absolute atomic E-state index is 10.5. The van der Waals surface area contributed by atoms with Crippen LogP contribution >= 0.6 is 0 Å². The van der Waals surface area contributed by atoms with Crippen molar-refractivity contribution in [3.63, 3.8) is 0 Å². The second-order valence-corrected chi connectivity index (χ2v) is 6.68. The van der Waals surface area contributed by atoms with E-state index in [0.717, 1.165) is 65.0 Å². The fourth-order valence-corrected chi connectivity index (χ4v) is 3.95. The molecule has 0 aromatic heterocycles. The third-order valence-electron chi connectivity index (χ3n) is 5.29. The van der Waals surface area contributed by atoms with Gasteiger partial charge in [0.25, 0.3) is 0 Å². The second kappa shape index (κ2) is 6.73. The molecule has 3 fully saturated rings. The van der Waals surface area contributed by atoms with Crippen LogP contribution in [-0.2, 0) is 14.2 Å². The van der Waals surface area contributed by atoms with Crippen molar-refractivity contribution in [3.05, 3.63) is 0 Å². The van der Waals surface area contributed by atoms with Crippen LogP contribution in [-0.4, -0.2) is 49.3 Å². The summed E-state index contributed by atoms with van der Waals surface area (Å²) in [6.07, 6.45) is 8.41. The Bertz CT molecular complexity index is 289. The van der Waals surface area contributed by atoms with E-state index < -0.39 is 0 Å². The van der Waals surface area contributed by atoms with Gasteiger partial charge in [-0.15, -0.1) is 0 Å². The molecule has 116 valence electrons. The van der Waals surface area contributed by atoms with E-state index in [1.165, 1.54) is 12.8 Å². The van der Waals surface area contributed by atoms with Gasteiger partial charge in [0, 0.05) is 26.4 Å². The van der Waals surface area contributed by atoms with Gasteiger partial charge in [0.2, 0.25) is 0 Å². The molecule has 3 atom stereocenters. The Morgan fingerprint density at radius 3 is 2.70 bits per heavy atom. The highest BCUT2D eigenvalue weighted by atomic mass is 16.5. The molecular weight excluding hydrogens is 256 g/mol. The van der Waals surface area contributed by atoms with Crippen LogP contribution in [0.25, 0.3) is 0 Å². The molecule has 0 aliphatic carbocycles. The van der Waals surface area contributed by atoms with Gasteiger partial charge in [-0.3, -0.25) is 0 Å². The number of hydrogen-bond donors (Lipinski definition) is 1. The van der Waals surface area contributed by atoms with Crippen molar-refractivity contribution in [3.8, 4) is 0 Å². The number of ether oxygens (including phenoxy) is 3. The van der Waals surface area contributed by atoms with Crippen LogP contribution < -0.4 is 0 Å². The molecule has 0 aromatic carbocycles. The molecule has 20 heavy (non-hydrogen) atoms. The Morgan fingerprint density at radius 1 is 1.10 bits per heavy atom. The highest BCUT2D eigenvalue weighted by Gasteiger charge is 2.40. The van der Waals surface area contributed by atoms with Gasteiger partial charge in [-0.1, -0.05) is 0 Å². The summed E-state index contributed by atoms with van der Waals surface area (Å²) in [7, 11) is 0. The number of hydrogen-bond acceptors (Lipinski definition) is 4. The molecule has 1 spiro atoms. The van der Waals surface area contributed by atoms with Crippen LogP contribution in [0.2, 0.25) is 0 Å². The molecule has 3 aliphatic rings. The largest absolute Gasteiger partial charge is 0.393 e. The Morgan fingerprint density at radius 2 is 1.95 bits per heavy atom. The number of aliphatic hydroxyl groups excluding tert-OH is 1. The van der Waals surface area contributed by atoms with Crippen molar-refractivity contribution in [1.29, 1.82) is 0 Å². The van der Waals surface area contributed by atoms with Gasteiger partial charge in [-0.25, -0.2) is 0 Å². The molecular formula is C16H28O4. The smallest absolute Gasteiger partial charge is 0.0730 e. The van der Waals surface area contributed by atoms with E-state index in [0.29, 0.717) is 12.0 Å². The van der Waals surface area contributed by atoms with Gasteiger partial charge in [-0.2, -0.15) is 0 Å². The molecule has 4 heteroatoms. The van der Waals surface area contributed by atoms with Crippen LogP contribution in [0.3, 0.4) is 0 Å². The summed E-state index contributed by atoms with van der Waals surface area (Å²) in [5, 5.41) is 10.5. The molecule has 4 nitrogen and oxygen atoms in total. The van der Waals surface area contributed by atoms with Crippen molar-refractivity contribution in [1.82, 2.24) is 0 Å². The molecule has 1 N–H and O–H groups in total. The Labute approximate surface area is 121 Å². The average molecular weight is 284 g/mol. The Kier molecular flexibility index (Phi) is 4.97. The Hall–Kier alpha value is -0.160. The van der Waals surface area contributed by atoms with Crippen molar-refractivity contribution in [2.24, 2.45) is 5.92 Å². The van der Waals surface area contributed by atoms with Crippen LogP contribution in [0, 0.1) is 5.92 Å². The average Bonchev–Trinajstić information content (AvgIpc) is 2.99. The van der Waals surface area contributed by atoms with Gasteiger partial charge >= 0.3 is 0 Å². The molecule has 3 saturated heterocycles. The molecule has 0 bridgehead atoms. The third kappa shape index (κ3) is 3.53. The summed E-state index contributed by atoms with van der Waals surface area (Å²) in [5.41, 5.74) is -0.00793. The van der Waals surface area contributed by atoms with Crippen LogP contribution in [0.15, 0.2) is 0 Å². The monoisotopic (exact) mass is 284 g/mol. The summed E-state index contributed by atoms with van der Waals surface area (Å²) in [6, 6.07) is 0. The van der Waals surface area contributed by atoms with Gasteiger partial charge in [-0.05, 0) is 57.3 Å². The molecule has 3 aliphatic heterocycles. The van der Waals surface area contributed by atoms with Crippen molar-refractivity contribution >= 4 is 0 Å². The molecule has 3 unspecified atom stereocenters. The lowest BCUT2D eigenvalue weighted by Gasteiger charge is -2.44. The van der Waals surface area contributed by atoms with E-state index >= 15 is 0 Å². The van der Waals surface area contributed by atoms with Crippen LogP contribution in [0.1, 0.15) is 51.4 Å². The molecule has 0 aromatic rings. The maximum Gasteiger partial charge on any atom is 0.0730 e. The van der Waals surface area contributed by atoms with Gasteiger partial charge in [0.1, 0.15) is 0 Å². The van der Waals surface area contributed by atoms with Crippen molar-refractivity contribution in [2.45, 2.75) is 69.2 Å². The zero-order valence-electron chi connectivity index (χ0n) is 12.4. The van der Waals surface area contributed by atoms with Crippen LogP contribution in [0.4, 0.5) is 0 Å². The van der Waals surface area contributed by atoms with E-state index in [1.54, 1.807) is 0 Å². The molecule has 3 heterocycles. The van der Waals surface area contributed by atoms with E-state index in [2.05, 4.69) is 0 Å². The lowest BCUT2D eigenvalue weighted by Crippen LogP contribution is -2.46. The predicted octanol–water partition coefficient (Wildman–Crippen LogP) is 2.28. The quantitative estimate of drug-likeness (QED) is 0.860. The van der Waals surface area contributed by atoms with Crippen LogP contribution in [0.5, 0.6) is 0 Å². The Balaban J connectivity index is 1.47.